The van der Waals surface area contributed by atoms with Gasteiger partial charge in [-0.15, -0.1) is 0 Å². The SMILES string of the molecule is CCN1/C(=C/C=C2\CCC(=CC=C3N(CC)C4(C)CC=c5ccccc5=C4C3(C)C)C2=C2C(=O)N(C)C(=O)N(C)C2=O)C(C)(C)c2c1ccc1ccccc21. The Kier molecular flexibility index (Phi) is 8.52. The maximum atomic E-state index is 14.0. The third-order valence-electron chi connectivity index (χ3n) is 13.1. The zero-order chi connectivity index (χ0) is 39.2. The molecule has 5 aliphatic rings. The second-order valence-electron chi connectivity index (χ2n) is 16.8. The minimum atomic E-state index is -0.620. The van der Waals surface area contributed by atoms with Crippen LogP contribution in [-0.4, -0.2) is 65.3 Å². The van der Waals surface area contributed by atoms with Crippen LogP contribution >= 0.6 is 0 Å². The number of urea groups is 1. The number of imide groups is 2. The molecule has 3 aliphatic heterocycles. The zero-order valence-electron chi connectivity index (χ0n) is 33.7. The first-order valence-corrected chi connectivity index (χ1v) is 19.7. The molecule has 1 saturated carbocycles. The second-order valence-corrected chi connectivity index (χ2v) is 16.8. The smallest absolute Gasteiger partial charge is 0.333 e. The van der Waals surface area contributed by atoms with Crippen molar-refractivity contribution in [1.82, 2.24) is 14.7 Å². The van der Waals surface area contributed by atoms with Gasteiger partial charge in [0.05, 0.1) is 5.54 Å². The van der Waals surface area contributed by atoms with Gasteiger partial charge in [-0.05, 0) is 107 Å². The number of hydrogen-bond donors (Lipinski definition) is 0. The van der Waals surface area contributed by atoms with E-state index in [-0.39, 0.29) is 21.9 Å². The monoisotopic (exact) mass is 732 g/mol. The minimum Gasteiger partial charge on any atom is -0.365 e. The molecule has 282 valence electrons. The number of carbonyl (C=O) groups is 3. The molecule has 3 heterocycles. The highest BCUT2D eigenvalue weighted by Crippen LogP contribution is 2.56. The minimum absolute atomic E-state index is 0.0558. The van der Waals surface area contributed by atoms with Crippen LogP contribution in [0, 0.1) is 5.41 Å². The van der Waals surface area contributed by atoms with E-state index >= 15 is 0 Å². The quantitative estimate of drug-likeness (QED) is 0.202. The van der Waals surface area contributed by atoms with E-state index in [4.69, 9.17) is 0 Å². The molecule has 1 atom stereocenters. The van der Waals surface area contributed by atoms with Crippen LogP contribution in [0.25, 0.3) is 22.4 Å². The molecule has 0 radical (unpaired) electrons. The molecule has 8 rings (SSSR count). The number of nitrogens with zero attached hydrogens (tertiary/aromatic N) is 4. The molecule has 0 spiro atoms. The number of fused-ring (bicyclic) bond motifs is 5. The number of anilines is 1. The van der Waals surface area contributed by atoms with Crippen LogP contribution in [0.1, 0.15) is 73.3 Å². The maximum Gasteiger partial charge on any atom is 0.333 e. The Morgan fingerprint density at radius 3 is 1.95 bits per heavy atom. The number of allylic oxidation sites excluding steroid dienone is 9. The summed E-state index contributed by atoms with van der Waals surface area (Å²) in [5.41, 5.74) is 8.15. The maximum absolute atomic E-state index is 14.0. The summed E-state index contributed by atoms with van der Waals surface area (Å²) in [4.78, 5) is 47.9. The second kappa shape index (κ2) is 12.8. The number of hydrogen-bond acceptors (Lipinski definition) is 5. The van der Waals surface area contributed by atoms with E-state index in [1.807, 2.05) is 0 Å². The topological polar surface area (TPSA) is 64.2 Å². The lowest BCUT2D eigenvalue weighted by atomic mass is 9.72. The summed E-state index contributed by atoms with van der Waals surface area (Å²) in [7, 11) is 2.91. The van der Waals surface area contributed by atoms with E-state index in [9.17, 15) is 14.4 Å². The van der Waals surface area contributed by atoms with Gasteiger partial charge in [-0.25, -0.2) is 4.79 Å². The number of carbonyl (C=O) groups excluding carboxylic acids is 3. The number of amides is 4. The van der Waals surface area contributed by atoms with Gasteiger partial charge >= 0.3 is 6.03 Å². The Balaban J connectivity index is 1.29. The summed E-state index contributed by atoms with van der Waals surface area (Å²) in [5, 5.41) is 5.05. The van der Waals surface area contributed by atoms with Crippen LogP contribution in [0.2, 0.25) is 0 Å². The molecule has 0 bridgehead atoms. The van der Waals surface area contributed by atoms with Crippen molar-refractivity contribution < 1.29 is 14.4 Å². The van der Waals surface area contributed by atoms with E-state index in [0.29, 0.717) is 18.4 Å². The summed E-state index contributed by atoms with van der Waals surface area (Å²) in [6, 6.07) is 21.1. The predicted octanol–water partition coefficient (Wildman–Crippen LogP) is 7.87. The lowest BCUT2D eigenvalue weighted by Crippen LogP contribution is -2.53. The standard InChI is InChI=1S/C48H52N4O3/c1-10-51-36-25-22-30-16-12-14-18-34(30)41(36)46(3,4)37(51)26-23-32-20-21-33(39(32)40-43(53)49(8)45(55)50(9)44(40)54)24-27-38-47(5,6)42-35-19-15-13-17-31(35)28-29-48(42,7)52(38)11-2/h12-19,22-28H,10-11,20-21,29H2,1-9H3/b32-23+,33-24?,37-26+,38-27?. The molecule has 1 unspecified atom stereocenters. The molecule has 0 aromatic heterocycles. The van der Waals surface area contributed by atoms with Crippen LogP contribution in [0.5, 0.6) is 0 Å². The van der Waals surface area contributed by atoms with Gasteiger partial charge in [-0.1, -0.05) is 101 Å². The van der Waals surface area contributed by atoms with Crippen LogP contribution in [0.4, 0.5) is 10.5 Å². The first-order valence-electron chi connectivity index (χ1n) is 19.7. The van der Waals surface area contributed by atoms with Gasteiger partial charge in [-0.3, -0.25) is 19.4 Å². The van der Waals surface area contributed by atoms with E-state index in [1.54, 1.807) is 0 Å². The fraction of sp³-hybridized carbons (Fsp3) is 0.354. The summed E-state index contributed by atoms with van der Waals surface area (Å²) in [6.07, 6.45) is 13.3. The third kappa shape index (κ3) is 5.18. The van der Waals surface area contributed by atoms with E-state index in [2.05, 4.69) is 149 Å². The fourth-order valence-corrected chi connectivity index (χ4v) is 10.6. The van der Waals surface area contributed by atoms with Gasteiger partial charge in [0.1, 0.15) is 5.57 Å². The molecule has 3 aromatic rings. The summed E-state index contributed by atoms with van der Waals surface area (Å²) < 4.78 is 0. The van der Waals surface area contributed by atoms with Gasteiger partial charge in [0.15, 0.2) is 0 Å². The van der Waals surface area contributed by atoms with Crippen molar-refractivity contribution in [2.75, 3.05) is 32.1 Å². The molecule has 3 aromatic carbocycles. The Morgan fingerprint density at radius 1 is 0.673 bits per heavy atom. The molecule has 0 N–H and O–H groups in total. The van der Waals surface area contributed by atoms with E-state index < -0.39 is 17.8 Å². The fourth-order valence-electron chi connectivity index (χ4n) is 10.6. The van der Waals surface area contributed by atoms with Crippen LogP contribution in [0.3, 0.4) is 0 Å². The van der Waals surface area contributed by atoms with Gasteiger partial charge in [-0.2, -0.15) is 0 Å². The highest BCUT2D eigenvalue weighted by Gasteiger charge is 2.53. The molecule has 2 aliphatic carbocycles. The summed E-state index contributed by atoms with van der Waals surface area (Å²) >= 11 is 0. The molecular formula is C48H52N4O3. The van der Waals surface area contributed by atoms with Crippen molar-refractivity contribution in [1.29, 1.82) is 0 Å². The van der Waals surface area contributed by atoms with Crippen LogP contribution < -0.4 is 15.3 Å². The van der Waals surface area contributed by atoms with Crippen molar-refractivity contribution in [2.24, 2.45) is 5.41 Å². The predicted molar refractivity (Wildman–Crippen MR) is 222 cm³/mol. The average molecular weight is 733 g/mol. The number of barbiturate groups is 1. The summed E-state index contributed by atoms with van der Waals surface area (Å²) in [6.45, 7) is 17.6. The third-order valence-corrected chi connectivity index (χ3v) is 13.1. The zero-order valence-corrected chi connectivity index (χ0v) is 33.7. The number of likely N-dealkylation sites (tertiary alicyclic amines) is 1. The first-order chi connectivity index (χ1) is 26.2. The van der Waals surface area contributed by atoms with Crippen molar-refractivity contribution in [3.8, 4) is 0 Å². The van der Waals surface area contributed by atoms with Crippen LogP contribution in [0.15, 0.2) is 119 Å². The largest absolute Gasteiger partial charge is 0.365 e. The number of benzene rings is 3. The van der Waals surface area contributed by atoms with Crippen LogP contribution in [-0.2, 0) is 15.0 Å². The molecule has 3 fully saturated rings. The molecule has 4 amide bonds. The van der Waals surface area contributed by atoms with E-state index in [0.717, 1.165) is 40.5 Å². The number of likely N-dealkylation sites (N-methyl/N-ethyl adjacent to an activating group) is 3. The first kappa shape index (κ1) is 36.5. The van der Waals surface area contributed by atoms with Gasteiger partial charge < -0.3 is 9.80 Å². The Hall–Kier alpha value is -5.43. The molecule has 7 nitrogen and oxygen atoms in total. The lowest BCUT2D eigenvalue weighted by molar-refractivity contribution is -0.134. The number of rotatable bonds is 4. The highest BCUT2D eigenvalue weighted by molar-refractivity contribution is 6.29. The Morgan fingerprint density at radius 2 is 1.29 bits per heavy atom. The van der Waals surface area contributed by atoms with Gasteiger partial charge in [0, 0.05) is 55.1 Å². The normalized spacial score (nSPS) is 26.0. The summed E-state index contributed by atoms with van der Waals surface area (Å²) in [5.74, 6) is -1.12. The van der Waals surface area contributed by atoms with E-state index in [1.165, 1.54) is 63.5 Å². The van der Waals surface area contributed by atoms with Crippen molar-refractivity contribution in [2.45, 2.75) is 78.7 Å². The molecule has 7 heteroatoms. The van der Waals surface area contributed by atoms with Crippen molar-refractivity contribution >= 4 is 46.0 Å². The highest BCUT2D eigenvalue weighted by atomic mass is 16.2. The van der Waals surface area contributed by atoms with Crippen molar-refractivity contribution in [3.63, 3.8) is 0 Å². The molecule has 2 saturated heterocycles. The lowest BCUT2D eigenvalue weighted by Gasteiger charge is -2.38. The van der Waals surface area contributed by atoms with Crippen molar-refractivity contribution in [3.05, 3.63) is 135 Å². The molecular weight excluding hydrogens is 681 g/mol. The molecule has 55 heavy (non-hydrogen) atoms. The Bertz CT molecular complexity index is 2480. The Labute approximate surface area is 325 Å². The van der Waals surface area contributed by atoms with Gasteiger partial charge in [0.2, 0.25) is 0 Å². The average Bonchev–Trinajstić information content (AvgIpc) is 3.73. The van der Waals surface area contributed by atoms with Gasteiger partial charge in [0.25, 0.3) is 11.8 Å².